The minimum absolute atomic E-state index is 0.195. The molecule has 0 saturated heterocycles. The quantitative estimate of drug-likeness (QED) is 0.737. The Labute approximate surface area is 115 Å². The maximum atomic E-state index is 11.7. The average Bonchev–Trinajstić information content (AvgIpc) is 2.35. The van der Waals surface area contributed by atoms with Gasteiger partial charge in [-0.1, -0.05) is 32.0 Å². The van der Waals surface area contributed by atoms with Gasteiger partial charge in [-0.05, 0) is 37.8 Å². The Kier molecular flexibility index (Phi) is 5.87. The number of ether oxygens (including phenoxy) is 2. The van der Waals surface area contributed by atoms with Gasteiger partial charge in [0.2, 0.25) is 0 Å². The fraction of sp³-hybridized carbons (Fsp3) is 0.562. The molecule has 0 amide bonds. The number of hydrogen-bond acceptors (Lipinski definition) is 3. The molecule has 1 aromatic rings. The van der Waals surface area contributed by atoms with Crippen LogP contribution in [0.15, 0.2) is 18.2 Å². The van der Waals surface area contributed by atoms with Crippen molar-refractivity contribution in [1.82, 2.24) is 0 Å². The molecule has 3 heteroatoms. The summed E-state index contributed by atoms with van der Waals surface area (Å²) in [6.45, 7) is 10.7. The molecule has 0 heterocycles. The Bertz CT molecular complexity index is 404. The number of rotatable bonds is 6. The molecule has 0 radical (unpaired) electrons. The number of hydrogen-bond donors (Lipinski definition) is 0. The van der Waals surface area contributed by atoms with Crippen molar-refractivity contribution < 1.29 is 14.3 Å². The smallest absolute Gasteiger partial charge is 0.312 e. The lowest BCUT2D eigenvalue weighted by Crippen LogP contribution is -2.23. The standard InChI is InChI=1S/C16H24O3/c1-11(2)9-19-16(17)14(5)10-18-15-12(3)7-6-8-13(15)4/h6-8,11,14H,9-10H2,1-5H3. The summed E-state index contributed by atoms with van der Waals surface area (Å²) in [6.07, 6.45) is 0. The van der Waals surface area contributed by atoms with E-state index in [1.54, 1.807) is 0 Å². The number of aryl methyl sites for hydroxylation is 2. The zero-order valence-corrected chi connectivity index (χ0v) is 12.5. The van der Waals surface area contributed by atoms with Gasteiger partial charge in [0.05, 0.1) is 12.5 Å². The summed E-state index contributed by atoms with van der Waals surface area (Å²) < 4.78 is 11.0. The normalized spacial score (nSPS) is 12.3. The summed E-state index contributed by atoms with van der Waals surface area (Å²) in [4.78, 5) is 11.7. The monoisotopic (exact) mass is 264 g/mol. The molecule has 0 aliphatic carbocycles. The zero-order valence-electron chi connectivity index (χ0n) is 12.5. The van der Waals surface area contributed by atoms with E-state index in [9.17, 15) is 4.79 Å². The van der Waals surface area contributed by atoms with Crippen LogP contribution in [-0.2, 0) is 9.53 Å². The largest absolute Gasteiger partial charge is 0.492 e. The molecule has 3 nitrogen and oxygen atoms in total. The predicted octanol–water partition coefficient (Wildman–Crippen LogP) is 3.52. The molecule has 0 bridgehead atoms. The molecule has 1 rings (SSSR count). The first kappa shape index (κ1) is 15.5. The first-order valence-electron chi connectivity index (χ1n) is 6.77. The maximum absolute atomic E-state index is 11.7. The van der Waals surface area contributed by atoms with E-state index >= 15 is 0 Å². The predicted molar refractivity (Wildman–Crippen MR) is 76.4 cm³/mol. The molecule has 0 N–H and O–H groups in total. The summed E-state index contributed by atoms with van der Waals surface area (Å²) in [5.41, 5.74) is 2.17. The summed E-state index contributed by atoms with van der Waals surface area (Å²) in [6, 6.07) is 6.01. The summed E-state index contributed by atoms with van der Waals surface area (Å²) in [7, 11) is 0. The second-order valence-electron chi connectivity index (χ2n) is 5.46. The number of benzene rings is 1. The second-order valence-corrected chi connectivity index (χ2v) is 5.46. The lowest BCUT2D eigenvalue weighted by molar-refractivity contribution is -0.150. The van der Waals surface area contributed by atoms with E-state index in [1.165, 1.54) is 0 Å². The van der Waals surface area contributed by atoms with Gasteiger partial charge in [-0.2, -0.15) is 0 Å². The van der Waals surface area contributed by atoms with Gasteiger partial charge in [0.1, 0.15) is 12.4 Å². The number of para-hydroxylation sites is 1. The molecule has 0 aliphatic rings. The van der Waals surface area contributed by atoms with Crippen molar-refractivity contribution in [2.24, 2.45) is 11.8 Å². The van der Waals surface area contributed by atoms with Gasteiger partial charge < -0.3 is 9.47 Å². The van der Waals surface area contributed by atoms with Crippen molar-refractivity contribution in [1.29, 1.82) is 0 Å². The van der Waals surface area contributed by atoms with E-state index in [4.69, 9.17) is 9.47 Å². The fourth-order valence-electron chi connectivity index (χ4n) is 1.69. The van der Waals surface area contributed by atoms with E-state index in [-0.39, 0.29) is 11.9 Å². The van der Waals surface area contributed by atoms with E-state index in [0.717, 1.165) is 16.9 Å². The molecule has 0 aromatic heterocycles. The van der Waals surface area contributed by atoms with Gasteiger partial charge >= 0.3 is 5.97 Å². The minimum atomic E-state index is -0.252. The van der Waals surface area contributed by atoms with Gasteiger partial charge in [0, 0.05) is 0 Å². The molecular formula is C16H24O3. The second kappa shape index (κ2) is 7.17. The van der Waals surface area contributed by atoms with Crippen molar-refractivity contribution in [2.75, 3.05) is 13.2 Å². The van der Waals surface area contributed by atoms with Crippen LogP contribution in [0.3, 0.4) is 0 Å². The SMILES string of the molecule is Cc1cccc(C)c1OCC(C)C(=O)OCC(C)C. The molecule has 1 unspecified atom stereocenters. The minimum Gasteiger partial charge on any atom is -0.492 e. The molecule has 1 atom stereocenters. The highest BCUT2D eigenvalue weighted by molar-refractivity contribution is 5.72. The maximum Gasteiger partial charge on any atom is 0.312 e. The van der Waals surface area contributed by atoms with E-state index < -0.39 is 0 Å². The van der Waals surface area contributed by atoms with Crippen LogP contribution in [0.25, 0.3) is 0 Å². The van der Waals surface area contributed by atoms with Gasteiger partial charge in [0.25, 0.3) is 0 Å². The Balaban J connectivity index is 2.50. The molecule has 1 aromatic carbocycles. The van der Waals surface area contributed by atoms with E-state index in [1.807, 2.05) is 52.8 Å². The van der Waals surface area contributed by atoms with Crippen LogP contribution in [0.5, 0.6) is 5.75 Å². The summed E-state index contributed by atoms with van der Waals surface area (Å²) in [5.74, 6) is 0.777. The van der Waals surface area contributed by atoms with Crippen LogP contribution in [0.1, 0.15) is 31.9 Å². The highest BCUT2D eigenvalue weighted by Crippen LogP contribution is 2.22. The van der Waals surface area contributed by atoms with Gasteiger partial charge in [0.15, 0.2) is 0 Å². The van der Waals surface area contributed by atoms with Crippen LogP contribution < -0.4 is 4.74 Å². The summed E-state index contributed by atoms with van der Waals surface area (Å²) in [5, 5.41) is 0. The molecule has 0 spiro atoms. The zero-order chi connectivity index (χ0) is 14.4. The topological polar surface area (TPSA) is 35.5 Å². The molecule has 0 fully saturated rings. The molecule has 0 saturated carbocycles. The number of carbonyl (C=O) groups excluding carboxylic acids is 1. The van der Waals surface area contributed by atoms with Crippen molar-refractivity contribution in [2.45, 2.75) is 34.6 Å². The lowest BCUT2D eigenvalue weighted by Gasteiger charge is -2.16. The van der Waals surface area contributed by atoms with Crippen LogP contribution in [0.2, 0.25) is 0 Å². The first-order valence-corrected chi connectivity index (χ1v) is 6.77. The molecule has 19 heavy (non-hydrogen) atoms. The van der Waals surface area contributed by atoms with E-state index in [2.05, 4.69) is 0 Å². The van der Waals surface area contributed by atoms with Crippen molar-refractivity contribution in [3.8, 4) is 5.75 Å². The third-order valence-electron chi connectivity index (χ3n) is 2.85. The Morgan fingerprint density at radius 1 is 1.11 bits per heavy atom. The third kappa shape index (κ3) is 4.93. The Morgan fingerprint density at radius 3 is 2.21 bits per heavy atom. The fourth-order valence-corrected chi connectivity index (χ4v) is 1.69. The molecular weight excluding hydrogens is 240 g/mol. The number of carbonyl (C=O) groups is 1. The van der Waals surface area contributed by atoms with Crippen LogP contribution in [0, 0.1) is 25.7 Å². The van der Waals surface area contributed by atoms with Gasteiger partial charge in [-0.3, -0.25) is 4.79 Å². The lowest BCUT2D eigenvalue weighted by atomic mass is 10.1. The Hall–Kier alpha value is -1.51. The van der Waals surface area contributed by atoms with Crippen molar-refractivity contribution in [3.05, 3.63) is 29.3 Å². The first-order chi connectivity index (χ1) is 8.91. The van der Waals surface area contributed by atoms with Crippen LogP contribution in [0.4, 0.5) is 0 Å². The van der Waals surface area contributed by atoms with Gasteiger partial charge in [-0.15, -0.1) is 0 Å². The van der Waals surface area contributed by atoms with Crippen LogP contribution in [-0.4, -0.2) is 19.2 Å². The van der Waals surface area contributed by atoms with Gasteiger partial charge in [-0.25, -0.2) is 0 Å². The van der Waals surface area contributed by atoms with Crippen molar-refractivity contribution >= 4 is 5.97 Å². The highest BCUT2D eigenvalue weighted by atomic mass is 16.5. The highest BCUT2D eigenvalue weighted by Gasteiger charge is 2.16. The van der Waals surface area contributed by atoms with E-state index in [0.29, 0.717) is 19.1 Å². The third-order valence-corrected chi connectivity index (χ3v) is 2.85. The molecule has 106 valence electrons. The average molecular weight is 264 g/mol. The molecule has 0 aliphatic heterocycles. The van der Waals surface area contributed by atoms with Crippen molar-refractivity contribution in [3.63, 3.8) is 0 Å². The summed E-state index contributed by atoms with van der Waals surface area (Å²) >= 11 is 0. The Morgan fingerprint density at radius 2 is 1.68 bits per heavy atom. The number of esters is 1. The van der Waals surface area contributed by atoms with Crippen LogP contribution >= 0.6 is 0 Å².